The smallest absolute Gasteiger partial charge is 0.417 e. The second-order valence-electron chi connectivity index (χ2n) is 8.73. The zero-order valence-electron chi connectivity index (χ0n) is 18.3. The van der Waals surface area contributed by atoms with Crippen LogP contribution in [0.5, 0.6) is 0 Å². The monoisotopic (exact) mass is 486 g/mol. The van der Waals surface area contributed by atoms with E-state index >= 15 is 0 Å². The minimum atomic E-state index is -1.13. The summed E-state index contributed by atoms with van der Waals surface area (Å²) in [5.74, 6) is 0. The number of carboxylic acid groups (broad SMARTS) is 1. The fraction of sp³-hybridized carbons (Fsp3) is 0.208. The summed E-state index contributed by atoms with van der Waals surface area (Å²) in [6.45, 7) is 2.68. The number of ether oxygens (including phenoxy) is 1. The molecule has 2 aliphatic rings. The van der Waals surface area contributed by atoms with Crippen molar-refractivity contribution in [3.63, 3.8) is 0 Å². The van der Waals surface area contributed by atoms with Crippen LogP contribution in [0, 0.1) is 16.7 Å². The Balaban J connectivity index is 1.41. The number of hydrogen-bond donors (Lipinski definition) is 2. The van der Waals surface area contributed by atoms with Gasteiger partial charge in [0.15, 0.2) is 5.13 Å². The molecule has 35 heavy (non-hydrogen) atoms. The molecule has 6 rings (SSSR count). The number of nitriles is 1. The largest absolute Gasteiger partial charge is 0.464 e. The summed E-state index contributed by atoms with van der Waals surface area (Å²) in [6.07, 6.45) is 1.87. The fourth-order valence-electron chi connectivity index (χ4n) is 4.53. The summed E-state index contributed by atoms with van der Waals surface area (Å²) >= 11 is 1.29. The third kappa shape index (κ3) is 3.51. The number of hydrogen-bond acceptors (Lipinski definition) is 7. The van der Waals surface area contributed by atoms with Gasteiger partial charge in [-0.1, -0.05) is 23.5 Å². The molecule has 0 unspecified atom stereocenters. The number of urea groups is 1. The first-order valence-corrected chi connectivity index (χ1v) is 11.6. The first-order chi connectivity index (χ1) is 17.0. The van der Waals surface area contributed by atoms with Crippen molar-refractivity contribution in [3.05, 3.63) is 54.4 Å². The van der Waals surface area contributed by atoms with Crippen LogP contribution in [0.1, 0.15) is 5.56 Å². The van der Waals surface area contributed by atoms with Crippen molar-refractivity contribution in [2.45, 2.75) is 0 Å². The number of fused-ring (bicyclic) bond motifs is 1. The summed E-state index contributed by atoms with van der Waals surface area (Å²) in [6, 6.07) is 12.5. The average Bonchev–Trinajstić information content (AvgIpc) is 3.41. The van der Waals surface area contributed by atoms with Crippen molar-refractivity contribution in [2.75, 3.05) is 31.6 Å². The highest BCUT2D eigenvalue weighted by Crippen LogP contribution is 2.43. The molecule has 0 saturated carbocycles. The van der Waals surface area contributed by atoms with Gasteiger partial charge in [-0.3, -0.25) is 5.32 Å². The predicted molar refractivity (Wildman–Crippen MR) is 128 cm³/mol. The Labute approximate surface area is 203 Å². The molecule has 10 nitrogen and oxygen atoms in total. The van der Waals surface area contributed by atoms with Crippen molar-refractivity contribution in [2.24, 2.45) is 5.41 Å². The molecule has 174 valence electrons. The number of carbonyl (C=O) groups is 2. The number of pyridine rings is 1. The van der Waals surface area contributed by atoms with Crippen LogP contribution in [0.25, 0.3) is 32.7 Å². The number of amides is 2. The van der Waals surface area contributed by atoms with Crippen LogP contribution < -0.4 is 5.32 Å². The van der Waals surface area contributed by atoms with Gasteiger partial charge in [-0.25, -0.2) is 24.1 Å². The van der Waals surface area contributed by atoms with Gasteiger partial charge in [0, 0.05) is 42.0 Å². The predicted octanol–water partition coefficient (Wildman–Crippen LogP) is 4.09. The van der Waals surface area contributed by atoms with Crippen LogP contribution in [0.3, 0.4) is 0 Å². The lowest BCUT2D eigenvalue weighted by molar-refractivity contribution is -0.174. The number of likely N-dealkylation sites (tertiary alicyclic amines) is 1. The van der Waals surface area contributed by atoms with Gasteiger partial charge in [0.1, 0.15) is 5.65 Å². The minimum Gasteiger partial charge on any atom is -0.464 e. The van der Waals surface area contributed by atoms with Gasteiger partial charge in [0.25, 0.3) is 0 Å². The maximum atomic E-state index is 12.8. The standard InChI is InChI=1S/C24H18N6O4S/c25-9-14-2-1-3-15(8-14)18-19(16-4-6-26-20-17(16)5-7-30(20)23(32)33)35-21(27-18)28-22(31)29-10-24(11-29)12-34-13-24/h1-8H,10-13H2,(H,32,33)(H,27,28,31). The highest BCUT2D eigenvalue weighted by Gasteiger charge is 2.50. The van der Waals surface area contributed by atoms with E-state index in [1.165, 1.54) is 17.5 Å². The summed E-state index contributed by atoms with van der Waals surface area (Å²) < 4.78 is 6.34. The molecule has 0 atom stereocenters. The van der Waals surface area contributed by atoms with Gasteiger partial charge in [-0.05, 0) is 24.3 Å². The topological polar surface area (TPSA) is 133 Å². The van der Waals surface area contributed by atoms with Crippen LogP contribution in [-0.2, 0) is 4.74 Å². The molecule has 2 amide bonds. The molecule has 2 fully saturated rings. The van der Waals surface area contributed by atoms with E-state index in [2.05, 4.69) is 16.4 Å². The second-order valence-corrected chi connectivity index (χ2v) is 9.73. The van der Waals surface area contributed by atoms with E-state index in [1.54, 1.807) is 41.4 Å². The summed E-state index contributed by atoms with van der Waals surface area (Å²) in [5.41, 5.74) is 2.93. The van der Waals surface area contributed by atoms with Crippen molar-refractivity contribution in [1.29, 1.82) is 5.26 Å². The normalized spacial score (nSPS) is 15.9. The van der Waals surface area contributed by atoms with Crippen LogP contribution in [-0.4, -0.2) is 63.0 Å². The zero-order valence-corrected chi connectivity index (χ0v) is 19.1. The third-order valence-corrected chi connectivity index (χ3v) is 7.30. The molecule has 2 N–H and O–H groups in total. The Hall–Kier alpha value is -4.27. The number of anilines is 1. The van der Waals surface area contributed by atoms with E-state index in [-0.39, 0.29) is 11.4 Å². The van der Waals surface area contributed by atoms with Crippen LogP contribution >= 0.6 is 11.3 Å². The molecule has 1 spiro atoms. The fourth-order valence-corrected chi connectivity index (χ4v) is 5.55. The molecule has 3 aromatic heterocycles. The van der Waals surface area contributed by atoms with Gasteiger partial charge < -0.3 is 14.7 Å². The highest BCUT2D eigenvalue weighted by atomic mass is 32.1. The summed E-state index contributed by atoms with van der Waals surface area (Å²) in [7, 11) is 0. The summed E-state index contributed by atoms with van der Waals surface area (Å²) in [4.78, 5) is 35.8. The molecule has 2 saturated heterocycles. The zero-order chi connectivity index (χ0) is 24.2. The van der Waals surface area contributed by atoms with Crippen LogP contribution in [0.15, 0.2) is 48.8 Å². The summed E-state index contributed by atoms with van der Waals surface area (Å²) in [5, 5.41) is 22.8. The molecular weight excluding hydrogens is 468 g/mol. The van der Waals surface area contributed by atoms with Gasteiger partial charge in [-0.2, -0.15) is 5.26 Å². The van der Waals surface area contributed by atoms with Crippen molar-refractivity contribution >= 4 is 39.6 Å². The lowest BCUT2D eigenvalue weighted by Crippen LogP contribution is -2.67. The second kappa shape index (κ2) is 7.90. The molecule has 1 aromatic carbocycles. The first-order valence-electron chi connectivity index (χ1n) is 10.8. The third-order valence-electron chi connectivity index (χ3n) is 6.30. The van der Waals surface area contributed by atoms with Crippen molar-refractivity contribution < 1.29 is 19.4 Å². The lowest BCUT2D eigenvalue weighted by Gasteiger charge is -2.54. The molecule has 2 aliphatic heterocycles. The minimum absolute atomic E-state index is 0.105. The Morgan fingerprint density at radius 2 is 2.06 bits per heavy atom. The van der Waals surface area contributed by atoms with E-state index in [9.17, 15) is 20.0 Å². The van der Waals surface area contributed by atoms with E-state index in [1.807, 2.05) is 6.07 Å². The van der Waals surface area contributed by atoms with E-state index in [4.69, 9.17) is 9.72 Å². The SMILES string of the molecule is N#Cc1cccc(-c2nc(NC(=O)N3CC4(COC4)C3)sc2-c2ccnc3c2ccn3C(=O)O)c1. The molecule has 0 radical (unpaired) electrons. The Morgan fingerprint density at radius 3 is 2.77 bits per heavy atom. The average molecular weight is 487 g/mol. The van der Waals surface area contributed by atoms with Crippen LogP contribution in [0.4, 0.5) is 14.7 Å². The number of thiazole rings is 1. The molecule has 5 heterocycles. The molecule has 0 bridgehead atoms. The maximum Gasteiger partial charge on any atom is 0.417 e. The number of benzene rings is 1. The van der Waals surface area contributed by atoms with E-state index in [0.717, 1.165) is 15.0 Å². The number of aromatic nitrogens is 3. The molecular formula is C24H18N6O4S. The Bertz CT molecular complexity index is 1540. The van der Waals surface area contributed by atoms with Crippen LogP contribution in [0.2, 0.25) is 0 Å². The highest BCUT2D eigenvalue weighted by molar-refractivity contribution is 7.19. The van der Waals surface area contributed by atoms with E-state index in [0.29, 0.717) is 59.3 Å². The lowest BCUT2D eigenvalue weighted by atomic mass is 9.78. The van der Waals surface area contributed by atoms with Crippen molar-refractivity contribution in [1.82, 2.24) is 19.4 Å². The van der Waals surface area contributed by atoms with Crippen molar-refractivity contribution in [3.8, 4) is 27.8 Å². The molecule has 11 heteroatoms. The van der Waals surface area contributed by atoms with Gasteiger partial charge in [-0.15, -0.1) is 0 Å². The maximum absolute atomic E-state index is 12.8. The van der Waals surface area contributed by atoms with E-state index < -0.39 is 6.09 Å². The molecule has 0 aliphatic carbocycles. The van der Waals surface area contributed by atoms with Gasteiger partial charge in [0.2, 0.25) is 0 Å². The Kier molecular flexibility index (Phi) is 4.80. The number of nitrogens with zero attached hydrogens (tertiary/aromatic N) is 5. The Morgan fingerprint density at radius 1 is 1.23 bits per heavy atom. The first kappa shape index (κ1) is 21.3. The molecule has 4 aromatic rings. The number of nitrogens with one attached hydrogen (secondary N) is 1. The van der Waals surface area contributed by atoms with Gasteiger partial charge in [0.05, 0.1) is 40.8 Å². The van der Waals surface area contributed by atoms with Gasteiger partial charge >= 0.3 is 12.1 Å². The quantitative estimate of drug-likeness (QED) is 0.445. The number of carbonyl (C=O) groups excluding carboxylic acids is 1. The number of rotatable bonds is 3.